The van der Waals surface area contributed by atoms with Gasteiger partial charge in [0.1, 0.15) is 0 Å². The van der Waals surface area contributed by atoms with Crippen LogP contribution < -0.4 is 5.90 Å². The first-order valence-electron chi connectivity index (χ1n) is 3.01. The highest BCUT2D eigenvalue weighted by atomic mass is 35.5. The molecule has 0 aliphatic heterocycles. The lowest BCUT2D eigenvalue weighted by molar-refractivity contribution is -0.150. The molecule has 0 spiro atoms. The summed E-state index contributed by atoms with van der Waals surface area (Å²) in [5.41, 5.74) is 0. The molecule has 0 aromatic rings. The van der Waals surface area contributed by atoms with Gasteiger partial charge in [-0.1, -0.05) is 12.2 Å². The number of carboxylic acid groups (broad SMARTS) is 1. The fraction of sp³-hybridized carbons (Fsp3) is 0.500. The third-order valence-electron chi connectivity index (χ3n) is 1.05. The first-order chi connectivity index (χ1) is 5.22. The smallest absolute Gasteiger partial charge is 0.335 e. The van der Waals surface area contributed by atoms with E-state index >= 15 is 0 Å². The lowest BCUT2D eigenvalue weighted by Crippen LogP contribution is -2.26. The zero-order chi connectivity index (χ0) is 8.69. The van der Waals surface area contributed by atoms with Crippen LogP contribution in [0.2, 0.25) is 0 Å². The van der Waals surface area contributed by atoms with Crippen LogP contribution in [0.4, 0.5) is 0 Å². The van der Waals surface area contributed by atoms with E-state index in [0.717, 1.165) is 0 Å². The van der Waals surface area contributed by atoms with Crippen LogP contribution in [0, 0.1) is 0 Å². The van der Waals surface area contributed by atoms with Crippen LogP contribution >= 0.6 is 11.6 Å². The summed E-state index contributed by atoms with van der Waals surface area (Å²) in [5.74, 6) is 3.99. The Balaban J connectivity index is 3.69. The molecule has 3 N–H and O–H groups in total. The minimum atomic E-state index is -1.08. The molecule has 4 nitrogen and oxygen atoms in total. The van der Waals surface area contributed by atoms with Gasteiger partial charge < -0.3 is 5.11 Å². The highest BCUT2D eigenvalue weighted by Crippen LogP contribution is 1.97. The van der Waals surface area contributed by atoms with Gasteiger partial charge in [0, 0.05) is 12.3 Å². The number of allylic oxidation sites excluding steroid dienone is 1. The summed E-state index contributed by atoms with van der Waals surface area (Å²) < 4.78 is 0. The van der Waals surface area contributed by atoms with Crippen molar-refractivity contribution in [1.82, 2.24) is 0 Å². The Morgan fingerprint density at radius 1 is 1.73 bits per heavy atom. The van der Waals surface area contributed by atoms with Gasteiger partial charge in [-0.3, -0.25) is 4.84 Å². The van der Waals surface area contributed by atoms with Gasteiger partial charge in [0.15, 0.2) is 6.10 Å². The van der Waals surface area contributed by atoms with Crippen molar-refractivity contribution in [2.45, 2.75) is 12.5 Å². The van der Waals surface area contributed by atoms with E-state index < -0.39 is 12.1 Å². The summed E-state index contributed by atoms with van der Waals surface area (Å²) in [5, 5.41) is 8.40. The number of aliphatic carboxylic acids is 1. The van der Waals surface area contributed by atoms with Crippen molar-refractivity contribution >= 4 is 17.6 Å². The maximum absolute atomic E-state index is 10.3. The Hall–Kier alpha value is -0.580. The summed E-state index contributed by atoms with van der Waals surface area (Å²) in [6, 6.07) is 0. The van der Waals surface area contributed by atoms with Crippen LogP contribution in [0.3, 0.4) is 0 Å². The van der Waals surface area contributed by atoms with Gasteiger partial charge in [-0.05, 0) is 0 Å². The second-order valence-electron chi connectivity index (χ2n) is 1.82. The van der Waals surface area contributed by atoms with Crippen molar-refractivity contribution < 1.29 is 14.7 Å². The van der Waals surface area contributed by atoms with Crippen molar-refractivity contribution in [3.8, 4) is 0 Å². The molecule has 0 amide bonds. The van der Waals surface area contributed by atoms with Crippen molar-refractivity contribution in [3.63, 3.8) is 0 Å². The van der Waals surface area contributed by atoms with Crippen molar-refractivity contribution in [1.29, 1.82) is 0 Å². The topological polar surface area (TPSA) is 72.5 Å². The quantitative estimate of drug-likeness (QED) is 0.367. The molecule has 0 fully saturated rings. The summed E-state index contributed by atoms with van der Waals surface area (Å²) >= 11 is 5.30. The molecule has 1 unspecified atom stereocenters. The molecule has 0 aliphatic rings. The second-order valence-corrected chi connectivity index (χ2v) is 2.13. The number of rotatable bonds is 5. The molecule has 0 saturated carbocycles. The number of nitrogens with two attached hydrogens (primary N) is 1. The first-order valence-corrected chi connectivity index (χ1v) is 3.55. The van der Waals surface area contributed by atoms with Gasteiger partial charge in [-0.15, -0.1) is 11.6 Å². The zero-order valence-corrected chi connectivity index (χ0v) is 6.62. The third-order valence-corrected chi connectivity index (χ3v) is 1.22. The average molecular weight is 180 g/mol. The van der Waals surface area contributed by atoms with Gasteiger partial charge in [-0.25, -0.2) is 10.7 Å². The molecule has 0 bridgehead atoms. The van der Waals surface area contributed by atoms with Gasteiger partial charge in [0.25, 0.3) is 0 Å². The van der Waals surface area contributed by atoms with E-state index in [1.165, 1.54) is 0 Å². The Morgan fingerprint density at radius 2 is 2.36 bits per heavy atom. The van der Waals surface area contributed by atoms with Crippen molar-refractivity contribution in [2.75, 3.05) is 5.88 Å². The van der Waals surface area contributed by atoms with E-state index in [2.05, 4.69) is 4.84 Å². The second kappa shape index (κ2) is 6.15. The molecule has 1 atom stereocenters. The molecule has 0 rings (SSSR count). The van der Waals surface area contributed by atoms with Crippen molar-refractivity contribution in [2.24, 2.45) is 5.90 Å². The lowest BCUT2D eigenvalue weighted by Gasteiger charge is -2.04. The monoisotopic (exact) mass is 179 g/mol. The number of alkyl halides is 1. The van der Waals surface area contributed by atoms with Crippen LogP contribution in [-0.4, -0.2) is 23.1 Å². The van der Waals surface area contributed by atoms with E-state index in [4.69, 9.17) is 22.6 Å². The van der Waals surface area contributed by atoms with Gasteiger partial charge in [0.05, 0.1) is 0 Å². The Kier molecular flexibility index (Phi) is 5.83. The summed E-state index contributed by atoms with van der Waals surface area (Å²) in [6.45, 7) is 0. The predicted molar refractivity (Wildman–Crippen MR) is 41.2 cm³/mol. The molecule has 0 aliphatic carbocycles. The third kappa shape index (κ3) is 4.78. The molecule has 0 radical (unpaired) electrons. The van der Waals surface area contributed by atoms with E-state index in [0.29, 0.717) is 5.88 Å². The van der Waals surface area contributed by atoms with E-state index in [9.17, 15) is 4.79 Å². The van der Waals surface area contributed by atoms with Crippen LogP contribution in [0.1, 0.15) is 6.42 Å². The molecule has 0 heterocycles. The van der Waals surface area contributed by atoms with E-state index in [-0.39, 0.29) is 6.42 Å². The summed E-state index contributed by atoms with van der Waals surface area (Å²) in [7, 11) is 0. The van der Waals surface area contributed by atoms with Crippen LogP contribution in [0.25, 0.3) is 0 Å². The molecule has 11 heavy (non-hydrogen) atoms. The van der Waals surface area contributed by atoms with E-state index in [1.807, 2.05) is 0 Å². The number of carboxylic acids is 1. The number of hydrogen-bond donors (Lipinski definition) is 2. The first kappa shape index (κ1) is 10.4. The molecule has 5 heteroatoms. The minimum Gasteiger partial charge on any atom is -0.479 e. The molecular formula is C6H10ClNO3. The van der Waals surface area contributed by atoms with Crippen molar-refractivity contribution in [3.05, 3.63) is 12.2 Å². The SMILES string of the molecule is NOC(CC=CCCl)C(=O)O. The average Bonchev–Trinajstić information content (AvgIpc) is 1.97. The zero-order valence-electron chi connectivity index (χ0n) is 5.87. The predicted octanol–water partition coefficient (Wildman–Crippen LogP) is 0.515. The van der Waals surface area contributed by atoms with Gasteiger partial charge >= 0.3 is 5.97 Å². The maximum Gasteiger partial charge on any atom is 0.335 e. The molecule has 0 saturated heterocycles. The summed E-state index contributed by atoms with van der Waals surface area (Å²) in [6.07, 6.45) is 2.50. The maximum atomic E-state index is 10.3. The molecular weight excluding hydrogens is 170 g/mol. The summed E-state index contributed by atoms with van der Waals surface area (Å²) in [4.78, 5) is 14.4. The van der Waals surface area contributed by atoms with Crippen LogP contribution in [-0.2, 0) is 9.63 Å². The Labute approximate surface area is 69.5 Å². The highest BCUT2D eigenvalue weighted by Gasteiger charge is 2.14. The normalized spacial score (nSPS) is 13.6. The van der Waals surface area contributed by atoms with Gasteiger partial charge in [-0.2, -0.15) is 0 Å². The minimum absolute atomic E-state index is 0.235. The fourth-order valence-corrected chi connectivity index (χ4v) is 0.623. The number of hydrogen-bond acceptors (Lipinski definition) is 3. The molecule has 0 aromatic carbocycles. The lowest BCUT2D eigenvalue weighted by atomic mass is 10.2. The standard InChI is InChI=1S/C6H10ClNO3/c7-4-2-1-3-5(11-8)6(9)10/h1-2,5H,3-4,8H2,(H,9,10). The number of halogens is 1. The highest BCUT2D eigenvalue weighted by molar-refractivity contribution is 6.18. The molecule has 0 aromatic heterocycles. The van der Waals surface area contributed by atoms with Crippen LogP contribution in [0.5, 0.6) is 0 Å². The Bertz CT molecular complexity index is 149. The molecule has 64 valence electrons. The van der Waals surface area contributed by atoms with E-state index in [1.54, 1.807) is 12.2 Å². The van der Waals surface area contributed by atoms with Gasteiger partial charge in [0.2, 0.25) is 0 Å². The van der Waals surface area contributed by atoms with Crippen LogP contribution in [0.15, 0.2) is 12.2 Å². The Morgan fingerprint density at radius 3 is 2.73 bits per heavy atom. The fourth-order valence-electron chi connectivity index (χ4n) is 0.497. The largest absolute Gasteiger partial charge is 0.479 e. The number of carbonyl (C=O) groups is 1.